The van der Waals surface area contributed by atoms with Gasteiger partial charge in [-0.1, -0.05) is 29.8 Å². The van der Waals surface area contributed by atoms with Crippen LogP contribution in [-0.4, -0.2) is 10.9 Å². The Morgan fingerprint density at radius 3 is 2.75 bits per heavy atom. The highest BCUT2D eigenvalue weighted by Crippen LogP contribution is 2.32. The molecule has 0 spiro atoms. The molecule has 1 N–H and O–H groups in total. The van der Waals surface area contributed by atoms with Crippen molar-refractivity contribution in [2.45, 2.75) is 13.3 Å². The Hall–Kier alpha value is -2.37. The van der Waals surface area contributed by atoms with Crippen molar-refractivity contribution in [2.24, 2.45) is 0 Å². The van der Waals surface area contributed by atoms with Gasteiger partial charge in [-0.05, 0) is 37.3 Å². The van der Waals surface area contributed by atoms with Crippen molar-refractivity contribution in [1.29, 1.82) is 0 Å². The smallest absolute Gasteiger partial charge is 0.230 e. The quantitative estimate of drug-likeness (QED) is 0.692. The molecule has 0 bridgehead atoms. The molecule has 3 rings (SSSR count). The number of halogens is 1. The van der Waals surface area contributed by atoms with Crippen molar-refractivity contribution >= 4 is 34.5 Å². The highest BCUT2D eigenvalue weighted by molar-refractivity contribution is 7.09. The molecule has 0 fully saturated rings. The van der Waals surface area contributed by atoms with Crippen LogP contribution in [0.15, 0.2) is 53.9 Å². The van der Waals surface area contributed by atoms with Gasteiger partial charge in [-0.3, -0.25) is 4.79 Å². The summed E-state index contributed by atoms with van der Waals surface area (Å²) in [5.74, 6) is 1.05. The number of rotatable bonds is 5. The Morgan fingerprint density at radius 2 is 2.04 bits per heavy atom. The Labute approximate surface area is 149 Å². The highest BCUT2D eigenvalue weighted by atomic mass is 35.5. The fourth-order valence-corrected chi connectivity index (χ4v) is 2.94. The van der Waals surface area contributed by atoms with Gasteiger partial charge in [0.05, 0.1) is 22.8 Å². The first-order chi connectivity index (χ1) is 11.6. The summed E-state index contributed by atoms with van der Waals surface area (Å²) in [7, 11) is 0. The Balaban J connectivity index is 1.76. The number of para-hydroxylation sites is 1. The third-order valence-corrected chi connectivity index (χ3v) is 4.25. The van der Waals surface area contributed by atoms with Crippen LogP contribution < -0.4 is 10.1 Å². The van der Waals surface area contributed by atoms with Crippen LogP contribution in [0.1, 0.15) is 10.7 Å². The third-order valence-electron chi connectivity index (χ3n) is 3.19. The molecular formula is C18H15ClN2O2S. The predicted octanol–water partition coefficient (Wildman–Crippen LogP) is 5.08. The van der Waals surface area contributed by atoms with Crippen LogP contribution >= 0.6 is 22.9 Å². The van der Waals surface area contributed by atoms with Gasteiger partial charge in [-0.15, -0.1) is 11.3 Å². The average Bonchev–Trinajstić information content (AvgIpc) is 2.96. The first kappa shape index (κ1) is 16.5. The summed E-state index contributed by atoms with van der Waals surface area (Å²) >= 11 is 7.57. The molecule has 0 unspecified atom stereocenters. The van der Waals surface area contributed by atoms with Crippen molar-refractivity contribution in [3.05, 3.63) is 69.6 Å². The molecule has 24 heavy (non-hydrogen) atoms. The van der Waals surface area contributed by atoms with Crippen molar-refractivity contribution in [1.82, 2.24) is 4.98 Å². The van der Waals surface area contributed by atoms with Crippen molar-refractivity contribution in [2.75, 3.05) is 5.32 Å². The van der Waals surface area contributed by atoms with Gasteiger partial charge in [0.1, 0.15) is 5.75 Å². The van der Waals surface area contributed by atoms with Crippen molar-refractivity contribution < 1.29 is 9.53 Å². The molecule has 1 amide bonds. The van der Waals surface area contributed by atoms with E-state index in [9.17, 15) is 4.79 Å². The summed E-state index contributed by atoms with van der Waals surface area (Å²) in [5, 5.41) is 6.19. The number of nitrogens with zero attached hydrogens (tertiary/aromatic N) is 1. The maximum Gasteiger partial charge on any atom is 0.230 e. The molecule has 0 aliphatic rings. The maximum atomic E-state index is 12.3. The molecule has 3 aromatic rings. The number of amides is 1. The molecule has 0 aliphatic carbocycles. The molecule has 0 aliphatic heterocycles. The standard InChI is InChI=1S/C18H15ClN2O2S/c1-12-20-14(11-24-12)10-18(22)21-16-9-13(19)7-8-17(16)23-15-5-3-2-4-6-15/h2-9,11H,10H2,1H3,(H,21,22). The van der Waals surface area contributed by atoms with E-state index in [0.29, 0.717) is 22.2 Å². The predicted molar refractivity (Wildman–Crippen MR) is 97.2 cm³/mol. The van der Waals surface area contributed by atoms with E-state index >= 15 is 0 Å². The minimum Gasteiger partial charge on any atom is -0.455 e. The lowest BCUT2D eigenvalue weighted by atomic mass is 10.2. The number of ether oxygens (including phenoxy) is 1. The van der Waals surface area contributed by atoms with Crippen LogP contribution in [0.4, 0.5) is 5.69 Å². The Morgan fingerprint density at radius 1 is 1.25 bits per heavy atom. The first-order valence-corrected chi connectivity index (χ1v) is 8.59. The van der Waals surface area contributed by atoms with E-state index in [1.165, 1.54) is 11.3 Å². The number of benzene rings is 2. The van der Waals surface area contributed by atoms with E-state index in [2.05, 4.69) is 10.3 Å². The lowest BCUT2D eigenvalue weighted by Gasteiger charge is -2.12. The summed E-state index contributed by atoms with van der Waals surface area (Å²) in [6, 6.07) is 14.5. The summed E-state index contributed by atoms with van der Waals surface area (Å²) in [4.78, 5) is 16.6. The van der Waals surface area contributed by atoms with Crippen LogP contribution in [0.25, 0.3) is 0 Å². The second kappa shape index (κ2) is 7.47. The largest absolute Gasteiger partial charge is 0.455 e. The van der Waals surface area contributed by atoms with Crippen LogP contribution in [0.5, 0.6) is 11.5 Å². The molecule has 122 valence electrons. The maximum absolute atomic E-state index is 12.3. The zero-order valence-electron chi connectivity index (χ0n) is 13.0. The van der Waals surface area contributed by atoms with E-state index in [-0.39, 0.29) is 12.3 Å². The lowest BCUT2D eigenvalue weighted by Crippen LogP contribution is -2.15. The Bertz CT molecular complexity index is 849. The van der Waals surface area contributed by atoms with E-state index in [0.717, 1.165) is 10.7 Å². The molecule has 4 nitrogen and oxygen atoms in total. The topological polar surface area (TPSA) is 51.2 Å². The van der Waals surface area contributed by atoms with Gasteiger partial charge in [0.2, 0.25) is 5.91 Å². The molecule has 0 saturated heterocycles. The summed E-state index contributed by atoms with van der Waals surface area (Å²) in [6.45, 7) is 1.91. The number of nitrogens with one attached hydrogen (secondary N) is 1. The van der Waals surface area contributed by atoms with Gasteiger partial charge < -0.3 is 10.1 Å². The average molecular weight is 359 g/mol. The molecule has 0 saturated carbocycles. The van der Waals surface area contributed by atoms with Crippen molar-refractivity contribution in [3.8, 4) is 11.5 Å². The fourth-order valence-electron chi connectivity index (χ4n) is 2.15. The van der Waals surface area contributed by atoms with Gasteiger partial charge in [0, 0.05) is 10.4 Å². The Kier molecular flexibility index (Phi) is 5.13. The number of anilines is 1. The number of hydrogen-bond donors (Lipinski definition) is 1. The van der Waals surface area contributed by atoms with Gasteiger partial charge >= 0.3 is 0 Å². The van der Waals surface area contributed by atoms with Crippen LogP contribution in [-0.2, 0) is 11.2 Å². The number of thiazole rings is 1. The SMILES string of the molecule is Cc1nc(CC(=O)Nc2cc(Cl)ccc2Oc2ccccc2)cs1. The zero-order chi connectivity index (χ0) is 16.9. The minimum atomic E-state index is -0.166. The monoisotopic (exact) mass is 358 g/mol. The molecule has 0 atom stereocenters. The number of carbonyl (C=O) groups excluding carboxylic acids is 1. The number of aryl methyl sites for hydroxylation is 1. The highest BCUT2D eigenvalue weighted by Gasteiger charge is 2.12. The van der Waals surface area contributed by atoms with E-state index in [4.69, 9.17) is 16.3 Å². The number of aromatic nitrogens is 1. The molecule has 1 aromatic heterocycles. The second-order valence-corrected chi connectivity index (χ2v) is 6.64. The molecule has 2 aromatic carbocycles. The normalized spacial score (nSPS) is 10.4. The number of carbonyl (C=O) groups is 1. The van der Waals surface area contributed by atoms with Gasteiger partial charge in [0.25, 0.3) is 0 Å². The first-order valence-electron chi connectivity index (χ1n) is 7.33. The second-order valence-electron chi connectivity index (χ2n) is 5.14. The fraction of sp³-hybridized carbons (Fsp3) is 0.111. The lowest BCUT2D eigenvalue weighted by molar-refractivity contribution is -0.115. The minimum absolute atomic E-state index is 0.166. The zero-order valence-corrected chi connectivity index (χ0v) is 14.5. The molecule has 0 radical (unpaired) electrons. The van der Waals surface area contributed by atoms with E-state index in [1.54, 1.807) is 18.2 Å². The van der Waals surface area contributed by atoms with Crippen LogP contribution in [0, 0.1) is 6.92 Å². The summed E-state index contributed by atoms with van der Waals surface area (Å²) < 4.78 is 5.83. The third kappa shape index (κ3) is 4.34. The number of hydrogen-bond acceptors (Lipinski definition) is 4. The van der Waals surface area contributed by atoms with Gasteiger partial charge in [-0.2, -0.15) is 0 Å². The van der Waals surface area contributed by atoms with Crippen LogP contribution in [0.2, 0.25) is 5.02 Å². The van der Waals surface area contributed by atoms with Gasteiger partial charge in [-0.25, -0.2) is 4.98 Å². The van der Waals surface area contributed by atoms with E-state index in [1.807, 2.05) is 42.6 Å². The van der Waals surface area contributed by atoms with Gasteiger partial charge in [0.15, 0.2) is 5.75 Å². The van der Waals surface area contributed by atoms with E-state index < -0.39 is 0 Å². The van der Waals surface area contributed by atoms with Crippen LogP contribution in [0.3, 0.4) is 0 Å². The summed E-state index contributed by atoms with van der Waals surface area (Å²) in [6.07, 6.45) is 0.210. The molecule has 6 heteroatoms. The summed E-state index contributed by atoms with van der Waals surface area (Å²) in [5.41, 5.74) is 1.28. The van der Waals surface area contributed by atoms with Crippen molar-refractivity contribution in [3.63, 3.8) is 0 Å². The molecular weight excluding hydrogens is 344 g/mol. The molecule has 1 heterocycles.